The summed E-state index contributed by atoms with van der Waals surface area (Å²) in [6.45, 7) is 8.55. The first-order valence-electron chi connectivity index (χ1n) is 10.1. The summed E-state index contributed by atoms with van der Waals surface area (Å²) in [7, 11) is -1.81. The van der Waals surface area contributed by atoms with Gasteiger partial charge < -0.3 is 9.88 Å². The molecule has 1 aliphatic heterocycles. The molecule has 1 aliphatic rings. The summed E-state index contributed by atoms with van der Waals surface area (Å²) in [5.41, 5.74) is 1.18. The minimum atomic E-state index is -3.59. The Labute approximate surface area is 169 Å². The molecule has 154 valence electrons. The van der Waals surface area contributed by atoms with Gasteiger partial charge in [0, 0.05) is 38.3 Å². The zero-order valence-corrected chi connectivity index (χ0v) is 18.1. The molecule has 7 heteroatoms. The number of aryl methyl sites for hydroxylation is 1. The van der Waals surface area contributed by atoms with Crippen LogP contribution in [0, 0.1) is 11.8 Å². The van der Waals surface area contributed by atoms with Crippen LogP contribution in [0.1, 0.15) is 38.7 Å². The van der Waals surface area contributed by atoms with E-state index in [0.29, 0.717) is 24.9 Å². The van der Waals surface area contributed by atoms with Crippen LogP contribution in [-0.2, 0) is 17.1 Å². The van der Waals surface area contributed by atoms with Gasteiger partial charge in [-0.15, -0.1) is 0 Å². The minimum absolute atomic E-state index is 0.0914. The van der Waals surface area contributed by atoms with Gasteiger partial charge in [-0.25, -0.2) is 13.4 Å². The molecule has 6 nitrogen and oxygen atoms in total. The first-order valence-corrected chi connectivity index (χ1v) is 11.5. The molecule has 1 saturated heterocycles. The molecule has 0 saturated carbocycles. The van der Waals surface area contributed by atoms with Gasteiger partial charge in [-0.1, -0.05) is 57.5 Å². The Morgan fingerprint density at radius 1 is 1.21 bits per heavy atom. The maximum Gasteiger partial charge on any atom is 0.262 e. The molecule has 3 atom stereocenters. The third-order valence-electron chi connectivity index (χ3n) is 5.91. The van der Waals surface area contributed by atoms with E-state index in [1.165, 1.54) is 11.9 Å². The van der Waals surface area contributed by atoms with Crippen molar-refractivity contribution in [3.63, 3.8) is 0 Å². The summed E-state index contributed by atoms with van der Waals surface area (Å²) >= 11 is 0. The van der Waals surface area contributed by atoms with Crippen LogP contribution < -0.4 is 5.32 Å². The Balaban J connectivity index is 1.82. The van der Waals surface area contributed by atoms with E-state index in [2.05, 4.69) is 43.2 Å². The van der Waals surface area contributed by atoms with Gasteiger partial charge in [0.2, 0.25) is 0 Å². The van der Waals surface area contributed by atoms with Crippen molar-refractivity contribution in [2.24, 2.45) is 18.9 Å². The van der Waals surface area contributed by atoms with Gasteiger partial charge in [-0.3, -0.25) is 0 Å². The number of benzene rings is 1. The largest absolute Gasteiger partial charge is 0.339 e. The van der Waals surface area contributed by atoms with E-state index in [0.717, 1.165) is 13.0 Å². The van der Waals surface area contributed by atoms with Gasteiger partial charge in [0.05, 0.1) is 6.33 Å². The summed E-state index contributed by atoms with van der Waals surface area (Å²) < 4.78 is 29.4. The molecule has 0 spiro atoms. The smallest absolute Gasteiger partial charge is 0.262 e. The summed E-state index contributed by atoms with van der Waals surface area (Å²) in [6.07, 6.45) is 4.21. The second-order valence-electron chi connectivity index (χ2n) is 8.14. The zero-order valence-electron chi connectivity index (χ0n) is 17.2. The molecule has 3 unspecified atom stereocenters. The lowest BCUT2D eigenvalue weighted by atomic mass is 9.91. The van der Waals surface area contributed by atoms with E-state index in [4.69, 9.17) is 0 Å². The van der Waals surface area contributed by atoms with E-state index in [9.17, 15) is 8.42 Å². The quantitative estimate of drug-likeness (QED) is 0.735. The van der Waals surface area contributed by atoms with E-state index < -0.39 is 10.0 Å². The monoisotopic (exact) mass is 404 g/mol. The predicted octanol–water partition coefficient (Wildman–Crippen LogP) is 2.85. The maximum absolute atomic E-state index is 13.1. The number of hydrogen-bond acceptors (Lipinski definition) is 4. The van der Waals surface area contributed by atoms with Crippen LogP contribution in [0.15, 0.2) is 47.9 Å². The Morgan fingerprint density at radius 2 is 1.93 bits per heavy atom. The van der Waals surface area contributed by atoms with E-state index in [1.807, 2.05) is 18.2 Å². The molecule has 0 bridgehead atoms. The van der Waals surface area contributed by atoms with Crippen LogP contribution in [0.2, 0.25) is 0 Å². The van der Waals surface area contributed by atoms with Crippen LogP contribution in [-0.4, -0.2) is 48.0 Å². The standard InChI is InChI=1S/C21H32N4O2S/c1-5-17(16(2)3)11-22-20-13-25(12-19(20)18-9-7-6-8-10-18)28(26,27)21-14-24(4)15-23-21/h6-10,14-17,19-20,22H,5,11-13H2,1-4H3. The number of aromatic nitrogens is 2. The van der Waals surface area contributed by atoms with Gasteiger partial charge in [-0.05, 0) is 23.9 Å². The highest BCUT2D eigenvalue weighted by Gasteiger charge is 2.40. The summed E-state index contributed by atoms with van der Waals surface area (Å²) in [5.74, 6) is 1.31. The van der Waals surface area contributed by atoms with Gasteiger partial charge in [-0.2, -0.15) is 4.31 Å². The minimum Gasteiger partial charge on any atom is -0.339 e. The third-order valence-corrected chi connectivity index (χ3v) is 7.63. The Kier molecular flexibility index (Phi) is 6.58. The van der Waals surface area contributed by atoms with Gasteiger partial charge in [0.1, 0.15) is 0 Å². The van der Waals surface area contributed by atoms with Gasteiger partial charge >= 0.3 is 0 Å². The van der Waals surface area contributed by atoms with E-state index in [1.54, 1.807) is 22.1 Å². The lowest BCUT2D eigenvalue weighted by Crippen LogP contribution is -2.40. The van der Waals surface area contributed by atoms with Crippen molar-refractivity contribution in [2.45, 2.75) is 44.2 Å². The molecule has 1 aromatic carbocycles. The topological polar surface area (TPSA) is 67.2 Å². The number of rotatable bonds is 8. The number of sulfonamides is 1. The average molecular weight is 405 g/mol. The highest BCUT2D eigenvalue weighted by atomic mass is 32.2. The molecular formula is C21H32N4O2S. The van der Waals surface area contributed by atoms with Crippen molar-refractivity contribution in [3.8, 4) is 0 Å². The molecule has 2 aromatic rings. The number of nitrogens with one attached hydrogen (secondary N) is 1. The molecule has 3 rings (SSSR count). The van der Waals surface area contributed by atoms with Gasteiger partial charge in [0.25, 0.3) is 10.0 Å². The van der Waals surface area contributed by atoms with E-state index in [-0.39, 0.29) is 17.0 Å². The molecule has 1 N–H and O–H groups in total. The lowest BCUT2D eigenvalue weighted by molar-refractivity contribution is 0.329. The molecule has 1 fully saturated rings. The first-order chi connectivity index (χ1) is 13.3. The van der Waals surface area contributed by atoms with Crippen LogP contribution >= 0.6 is 0 Å². The fourth-order valence-electron chi connectivity index (χ4n) is 4.02. The molecular weight excluding hydrogens is 372 g/mol. The Hall–Kier alpha value is -1.70. The lowest BCUT2D eigenvalue weighted by Gasteiger charge is -2.25. The maximum atomic E-state index is 13.1. The Bertz CT molecular complexity index is 864. The van der Waals surface area contributed by atoms with Crippen molar-refractivity contribution in [1.82, 2.24) is 19.2 Å². The zero-order chi connectivity index (χ0) is 20.3. The molecule has 2 heterocycles. The van der Waals surface area contributed by atoms with E-state index >= 15 is 0 Å². The molecule has 0 radical (unpaired) electrons. The fraction of sp³-hybridized carbons (Fsp3) is 0.571. The Morgan fingerprint density at radius 3 is 2.50 bits per heavy atom. The van der Waals surface area contributed by atoms with Crippen molar-refractivity contribution < 1.29 is 8.42 Å². The van der Waals surface area contributed by atoms with Crippen LogP contribution in [0.5, 0.6) is 0 Å². The second kappa shape index (κ2) is 8.76. The third kappa shape index (κ3) is 4.47. The predicted molar refractivity (Wildman–Crippen MR) is 112 cm³/mol. The highest BCUT2D eigenvalue weighted by molar-refractivity contribution is 7.89. The number of imidazole rings is 1. The van der Waals surface area contributed by atoms with Crippen molar-refractivity contribution >= 4 is 10.0 Å². The molecule has 0 aliphatic carbocycles. The van der Waals surface area contributed by atoms with Crippen LogP contribution in [0.25, 0.3) is 0 Å². The molecule has 0 amide bonds. The SMILES string of the molecule is CCC(CNC1CN(S(=O)(=O)c2cn(C)cn2)CC1c1ccccc1)C(C)C. The van der Waals surface area contributed by atoms with Crippen LogP contribution in [0.3, 0.4) is 0 Å². The second-order valence-corrected chi connectivity index (χ2v) is 10.0. The number of hydrogen-bond donors (Lipinski definition) is 1. The molecule has 28 heavy (non-hydrogen) atoms. The van der Waals surface area contributed by atoms with Crippen molar-refractivity contribution in [1.29, 1.82) is 0 Å². The van der Waals surface area contributed by atoms with Gasteiger partial charge in [0.15, 0.2) is 5.03 Å². The summed E-state index contributed by atoms with van der Waals surface area (Å²) in [4.78, 5) is 4.08. The van der Waals surface area contributed by atoms with Crippen molar-refractivity contribution in [3.05, 3.63) is 48.4 Å². The van der Waals surface area contributed by atoms with Crippen LogP contribution in [0.4, 0.5) is 0 Å². The summed E-state index contributed by atoms with van der Waals surface area (Å²) in [5, 5.41) is 3.81. The van der Waals surface area contributed by atoms with Crippen molar-refractivity contribution in [2.75, 3.05) is 19.6 Å². The fourth-order valence-corrected chi connectivity index (χ4v) is 5.48. The molecule has 1 aromatic heterocycles. The normalized spacial score (nSPS) is 22.0. The average Bonchev–Trinajstić information content (AvgIpc) is 3.30. The highest BCUT2D eigenvalue weighted by Crippen LogP contribution is 2.31. The number of nitrogens with zero attached hydrogens (tertiary/aromatic N) is 3. The summed E-state index contributed by atoms with van der Waals surface area (Å²) in [6, 6.07) is 10.3. The first kappa shape index (κ1) is 21.0.